The molecule has 0 aliphatic rings. The van der Waals surface area contributed by atoms with Crippen molar-refractivity contribution in [2.24, 2.45) is 0 Å². The normalized spacial score (nSPS) is 11.5. The molecule has 0 bridgehead atoms. The van der Waals surface area contributed by atoms with E-state index in [0.717, 1.165) is 0 Å². The fraction of sp³-hybridized carbons (Fsp3) is 0.364. The van der Waals surface area contributed by atoms with Gasteiger partial charge >= 0.3 is 0 Å². The molecule has 0 unspecified atom stereocenters. The summed E-state index contributed by atoms with van der Waals surface area (Å²) in [6.45, 7) is 3.58. The predicted octanol–water partition coefficient (Wildman–Crippen LogP) is 2.28. The first-order chi connectivity index (χ1) is 9.61. The maximum atomic E-state index is 12.2. The van der Waals surface area contributed by atoms with E-state index in [1.807, 2.05) is 0 Å². The Kier molecular flexibility index (Phi) is 6.30. The van der Waals surface area contributed by atoms with Gasteiger partial charge in [0, 0.05) is 23.9 Å². The zero-order chi connectivity index (χ0) is 16.2. The van der Waals surface area contributed by atoms with Crippen LogP contribution in [0.1, 0.15) is 13.8 Å². The molecule has 1 aromatic carbocycles. The number of non-ortho nitro benzene ring substituents is 1. The summed E-state index contributed by atoms with van der Waals surface area (Å²) in [6.07, 6.45) is 0. The van der Waals surface area contributed by atoms with Crippen LogP contribution in [0.25, 0.3) is 0 Å². The van der Waals surface area contributed by atoms with Crippen LogP contribution in [0.3, 0.4) is 0 Å². The van der Waals surface area contributed by atoms with Gasteiger partial charge in [0.15, 0.2) is 0 Å². The number of carbonyl (C=O) groups is 1. The Balaban J connectivity index is 2.93. The van der Waals surface area contributed by atoms with Crippen molar-refractivity contribution in [2.75, 3.05) is 10.7 Å². The van der Waals surface area contributed by atoms with Crippen LogP contribution in [-0.4, -0.2) is 32.4 Å². The van der Waals surface area contributed by atoms with Crippen molar-refractivity contribution in [3.63, 3.8) is 0 Å². The summed E-state index contributed by atoms with van der Waals surface area (Å²) in [7, 11) is 0. The molecule has 0 fully saturated rings. The van der Waals surface area contributed by atoms with Crippen LogP contribution in [0, 0.1) is 10.1 Å². The summed E-state index contributed by atoms with van der Waals surface area (Å²) < 4.78 is 0. The molecule has 10 heteroatoms. The van der Waals surface area contributed by atoms with E-state index in [2.05, 4.69) is 11.8 Å². The van der Waals surface area contributed by atoms with Gasteiger partial charge in [-0.3, -0.25) is 14.9 Å². The smallest absolute Gasteiger partial charge is 0.269 e. The fourth-order valence-corrected chi connectivity index (χ4v) is 3.40. The number of nitrogens with zero attached hydrogens (tertiary/aromatic N) is 2. The number of hydrogen-bond acceptors (Lipinski definition) is 5. The minimum Gasteiger partial charge on any atom is -0.338 e. The lowest BCUT2D eigenvalue weighted by molar-refractivity contribution is -0.384. The number of rotatable bonds is 6. The van der Waals surface area contributed by atoms with E-state index in [0.29, 0.717) is 17.1 Å². The quantitative estimate of drug-likeness (QED) is 0.461. The maximum Gasteiger partial charge on any atom is 0.269 e. The molecule has 116 valence electrons. The highest BCUT2D eigenvalue weighted by atomic mass is 32.9. The van der Waals surface area contributed by atoms with Crippen molar-refractivity contribution in [3.05, 3.63) is 34.4 Å². The van der Waals surface area contributed by atoms with Crippen molar-refractivity contribution < 1.29 is 19.5 Å². The van der Waals surface area contributed by atoms with E-state index in [1.54, 1.807) is 13.8 Å². The largest absolute Gasteiger partial charge is 0.338 e. The topological polar surface area (TPSA) is 104 Å². The van der Waals surface area contributed by atoms with E-state index in [-0.39, 0.29) is 23.4 Å². The van der Waals surface area contributed by atoms with Crippen molar-refractivity contribution in [1.82, 2.24) is 0 Å². The van der Waals surface area contributed by atoms with E-state index in [9.17, 15) is 14.9 Å². The Morgan fingerprint density at radius 3 is 2.33 bits per heavy atom. The molecule has 0 spiro atoms. The Labute approximate surface area is 131 Å². The zero-order valence-electron chi connectivity index (χ0n) is 11.4. The summed E-state index contributed by atoms with van der Waals surface area (Å²) >= 11 is 5.09. The first-order valence-electron chi connectivity index (χ1n) is 5.88. The number of benzene rings is 1. The van der Waals surface area contributed by atoms with Gasteiger partial charge in [-0.1, -0.05) is 11.4 Å². The van der Waals surface area contributed by atoms with E-state index in [1.165, 1.54) is 29.2 Å². The van der Waals surface area contributed by atoms with Crippen molar-refractivity contribution in [3.8, 4) is 0 Å². The average Bonchev–Trinajstić information content (AvgIpc) is 2.36. The summed E-state index contributed by atoms with van der Waals surface area (Å²) in [5.41, 5.74) is -3.05. The molecule has 0 radical (unpaired) electrons. The van der Waals surface area contributed by atoms with Gasteiger partial charge in [0.2, 0.25) is 11.6 Å². The Hall–Kier alpha value is -0.990. The highest BCUT2D eigenvalue weighted by Crippen LogP contribution is 2.50. The van der Waals surface area contributed by atoms with E-state index >= 15 is 0 Å². The zero-order valence-corrected chi connectivity index (χ0v) is 13.9. The minimum absolute atomic E-state index is 0.0644. The minimum atomic E-state index is -3.49. The second-order valence-corrected chi connectivity index (χ2v) is 10.4. The number of amides is 1. The summed E-state index contributed by atoms with van der Waals surface area (Å²) in [5, 5.41) is 10.6. The van der Waals surface area contributed by atoms with Gasteiger partial charge in [-0.15, -0.1) is 0 Å². The second kappa shape index (κ2) is 7.33. The van der Waals surface area contributed by atoms with Gasteiger partial charge in [0.1, 0.15) is 0 Å². The summed E-state index contributed by atoms with van der Waals surface area (Å²) in [5.74, 6) is -0.513. The number of nitro benzene ring substituents is 1. The predicted molar refractivity (Wildman–Crippen MR) is 86.9 cm³/mol. The summed E-state index contributed by atoms with van der Waals surface area (Å²) in [4.78, 5) is 42.0. The van der Waals surface area contributed by atoms with Crippen molar-refractivity contribution in [2.45, 2.75) is 19.9 Å². The molecule has 0 aromatic heterocycles. The number of nitro groups is 1. The van der Waals surface area contributed by atoms with Crippen molar-refractivity contribution >= 4 is 46.2 Å². The first-order valence-corrected chi connectivity index (χ1v) is 10.2. The molecular weight excluding hydrogens is 335 g/mol. The van der Waals surface area contributed by atoms with Crippen LogP contribution in [0.2, 0.25) is 0 Å². The number of carbonyl (C=O) groups excluding carboxylic acids is 1. The van der Waals surface area contributed by atoms with Crippen LogP contribution in [0.4, 0.5) is 11.4 Å². The second-order valence-electron chi connectivity index (χ2n) is 4.40. The molecule has 0 saturated heterocycles. The Morgan fingerprint density at radius 2 is 1.95 bits per heavy atom. The molecule has 21 heavy (non-hydrogen) atoms. The van der Waals surface area contributed by atoms with Gasteiger partial charge in [-0.05, 0) is 37.8 Å². The molecule has 0 atom stereocenters. The molecule has 0 saturated carbocycles. The van der Waals surface area contributed by atoms with Gasteiger partial charge < -0.3 is 14.7 Å². The fourth-order valence-electron chi connectivity index (χ4n) is 1.67. The standard InChI is InChI=1S/C11H15N2O5PS2/c1-8(2)12(11(14)7-21-19(17,18)20)9-3-5-10(6-4-9)13(15)16/h3-6,8H,7H2,1-2H3,(H2,17,18,20). The highest BCUT2D eigenvalue weighted by molar-refractivity contribution is 8.67. The van der Waals surface area contributed by atoms with Crippen molar-refractivity contribution in [1.29, 1.82) is 0 Å². The van der Waals surface area contributed by atoms with Crippen LogP contribution < -0.4 is 4.90 Å². The molecule has 0 aliphatic carbocycles. The molecular formula is C11H15N2O5PS2. The van der Waals surface area contributed by atoms with Crippen LogP contribution in [0.15, 0.2) is 24.3 Å². The average molecular weight is 350 g/mol. The summed E-state index contributed by atoms with van der Waals surface area (Å²) in [6, 6.07) is 5.40. The molecule has 1 rings (SSSR count). The van der Waals surface area contributed by atoms with E-state index < -0.39 is 10.6 Å². The first kappa shape index (κ1) is 18.1. The van der Waals surface area contributed by atoms with Crippen LogP contribution in [-0.2, 0) is 16.6 Å². The highest BCUT2D eigenvalue weighted by Gasteiger charge is 2.22. The molecule has 1 aromatic rings. The third-order valence-corrected chi connectivity index (χ3v) is 5.54. The lowest BCUT2D eigenvalue weighted by Crippen LogP contribution is -2.38. The third kappa shape index (κ3) is 5.72. The molecule has 0 aliphatic heterocycles. The maximum absolute atomic E-state index is 12.2. The van der Waals surface area contributed by atoms with Gasteiger partial charge in [0.25, 0.3) is 5.69 Å². The Morgan fingerprint density at radius 1 is 1.43 bits per heavy atom. The number of anilines is 1. The molecule has 7 nitrogen and oxygen atoms in total. The monoisotopic (exact) mass is 350 g/mol. The van der Waals surface area contributed by atoms with E-state index in [4.69, 9.17) is 9.79 Å². The molecule has 2 N–H and O–H groups in total. The van der Waals surface area contributed by atoms with Gasteiger partial charge in [-0.25, -0.2) is 0 Å². The SMILES string of the molecule is CC(C)N(C(=O)CSP(O)(O)=S)c1ccc([N+](=O)[O-])cc1. The van der Waals surface area contributed by atoms with Gasteiger partial charge in [-0.2, -0.15) is 0 Å². The lowest BCUT2D eigenvalue weighted by Gasteiger charge is -2.27. The third-order valence-electron chi connectivity index (χ3n) is 2.48. The lowest BCUT2D eigenvalue weighted by atomic mass is 10.2. The Bertz CT molecular complexity index is 572. The van der Waals surface area contributed by atoms with Crippen LogP contribution >= 0.6 is 17.1 Å². The molecule has 0 heterocycles. The molecule has 1 amide bonds. The van der Waals surface area contributed by atoms with Crippen LogP contribution in [0.5, 0.6) is 0 Å². The van der Waals surface area contributed by atoms with Gasteiger partial charge in [0.05, 0.1) is 10.7 Å². The number of hydrogen-bond donors (Lipinski definition) is 2.